The maximum Gasteiger partial charge on any atom is 0.317 e. The largest absolute Gasteiger partial charge is 0.507 e. The number of aromatic hydroxyl groups is 1. The molecule has 0 amide bonds. The number of rotatable bonds is 2. The molecule has 6 heteroatoms. The lowest BCUT2D eigenvalue weighted by Gasteiger charge is -2.03. The number of aryl methyl sites for hydroxylation is 2. The highest BCUT2D eigenvalue weighted by molar-refractivity contribution is 5.76. The van der Waals surface area contributed by atoms with Crippen LogP contribution in [0.4, 0.5) is 5.69 Å². The Morgan fingerprint density at radius 2 is 2.06 bits per heavy atom. The maximum atomic E-state index is 11.0. The lowest BCUT2D eigenvalue weighted by atomic mass is 10.1. The van der Waals surface area contributed by atoms with Crippen molar-refractivity contribution in [2.45, 2.75) is 6.92 Å². The second kappa shape index (κ2) is 3.89. The van der Waals surface area contributed by atoms with Gasteiger partial charge in [0, 0.05) is 12.6 Å². The molecular formula is C11H11N3O3. The van der Waals surface area contributed by atoms with Gasteiger partial charge in [-0.25, -0.2) is 0 Å². The highest BCUT2D eigenvalue weighted by atomic mass is 16.6. The zero-order valence-corrected chi connectivity index (χ0v) is 9.41. The first-order valence-corrected chi connectivity index (χ1v) is 4.98. The zero-order chi connectivity index (χ0) is 12.6. The normalized spacial score (nSPS) is 10.5. The van der Waals surface area contributed by atoms with E-state index in [4.69, 9.17) is 0 Å². The number of phenolic OH excluding ortho intramolecular Hbond substituents is 1. The molecule has 0 radical (unpaired) electrons. The Bertz CT molecular complexity index is 590. The lowest BCUT2D eigenvalue weighted by Crippen LogP contribution is -1.96. The van der Waals surface area contributed by atoms with E-state index in [0.717, 1.165) is 0 Å². The van der Waals surface area contributed by atoms with Gasteiger partial charge in [0.15, 0.2) is 0 Å². The summed E-state index contributed by atoms with van der Waals surface area (Å²) in [6, 6.07) is 6.48. The summed E-state index contributed by atoms with van der Waals surface area (Å²) in [4.78, 5) is 10.5. The monoisotopic (exact) mass is 233 g/mol. The fourth-order valence-corrected chi connectivity index (χ4v) is 1.84. The molecular weight excluding hydrogens is 222 g/mol. The molecule has 1 N–H and O–H groups in total. The van der Waals surface area contributed by atoms with Gasteiger partial charge in [0.1, 0.15) is 17.1 Å². The smallest absolute Gasteiger partial charge is 0.317 e. The molecule has 0 unspecified atom stereocenters. The van der Waals surface area contributed by atoms with Crippen molar-refractivity contribution < 1.29 is 10.0 Å². The van der Waals surface area contributed by atoms with Gasteiger partial charge in [0.05, 0.1) is 4.92 Å². The van der Waals surface area contributed by atoms with Crippen LogP contribution in [0, 0.1) is 17.0 Å². The van der Waals surface area contributed by atoms with Crippen LogP contribution in [0.15, 0.2) is 24.3 Å². The third kappa shape index (κ3) is 1.73. The third-order valence-corrected chi connectivity index (χ3v) is 2.53. The topological polar surface area (TPSA) is 81.2 Å². The SMILES string of the molecule is Cc1nn(C)c(-c2ccccc2O)c1[N+](=O)[O-]. The summed E-state index contributed by atoms with van der Waals surface area (Å²) >= 11 is 0. The predicted molar refractivity (Wildman–Crippen MR) is 61.7 cm³/mol. The van der Waals surface area contributed by atoms with E-state index in [9.17, 15) is 15.2 Å². The minimum Gasteiger partial charge on any atom is -0.507 e. The summed E-state index contributed by atoms with van der Waals surface area (Å²) in [6.45, 7) is 1.57. The Hall–Kier alpha value is -2.37. The molecule has 0 fully saturated rings. The number of para-hydroxylation sites is 1. The minimum absolute atomic E-state index is 0.00130. The molecule has 1 aromatic carbocycles. The van der Waals surface area contributed by atoms with Gasteiger partial charge in [-0.15, -0.1) is 0 Å². The van der Waals surface area contributed by atoms with Gasteiger partial charge in [-0.3, -0.25) is 14.8 Å². The van der Waals surface area contributed by atoms with E-state index >= 15 is 0 Å². The Morgan fingerprint density at radius 3 is 2.65 bits per heavy atom. The van der Waals surface area contributed by atoms with E-state index in [1.54, 1.807) is 32.2 Å². The number of phenols is 1. The van der Waals surface area contributed by atoms with Crippen molar-refractivity contribution >= 4 is 5.69 Å². The predicted octanol–water partition coefficient (Wildman–Crippen LogP) is 2.01. The first-order valence-electron chi connectivity index (χ1n) is 4.98. The summed E-state index contributed by atoms with van der Waals surface area (Å²) in [7, 11) is 1.61. The average molecular weight is 233 g/mol. The van der Waals surface area contributed by atoms with Crippen molar-refractivity contribution in [2.75, 3.05) is 0 Å². The first-order chi connectivity index (χ1) is 8.02. The standard InChI is InChI=1S/C11H11N3O3/c1-7-10(14(16)17)11(13(2)12-7)8-5-3-4-6-9(8)15/h3-6,15H,1-2H3. The highest BCUT2D eigenvalue weighted by Crippen LogP contribution is 2.36. The fraction of sp³-hybridized carbons (Fsp3) is 0.182. The second-order valence-corrected chi connectivity index (χ2v) is 3.68. The first kappa shape index (κ1) is 11.1. The van der Waals surface area contributed by atoms with Crippen molar-refractivity contribution in [1.82, 2.24) is 9.78 Å². The molecule has 0 atom stereocenters. The van der Waals surface area contributed by atoms with Crippen LogP contribution in [0.2, 0.25) is 0 Å². The van der Waals surface area contributed by atoms with Crippen LogP contribution < -0.4 is 0 Å². The molecule has 0 saturated carbocycles. The molecule has 6 nitrogen and oxygen atoms in total. The number of hydrogen-bond donors (Lipinski definition) is 1. The summed E-state index contributed by atoms with van der Waals surface area (Å²) < 4.78 is 1.41. The molecule has 0 aliphatic carbocycles. The Labute approximate surface area is 97.3 Å². The molecule has 17 heavy (non-hydrogen) atoms. The fourth-order valence-electron chi connectivity index (χ4n) is 1.84. The van der Waals surface area contributed by atoms with Crippen molar-refractivity contribution in [3.63, 3.8) is 0 Å². The molecule has 0 saturated heterocycles. The van der Waals surface area contributed by atoms with Crippen LogP contribution >= 0.6 is 0 Å². The van der Waals surface area contributed by atoms with Gasteiger partial charge >= 0.3 is 5.69 Å². The van der Waals surface area contributed by atoms with E-state index < -0.39 is 4.92 Å². The highest BCUT2D eigenvalue weighted by Gasteiger charge is 2.26. The number of hydrogen-bond acceptors (Lipinski definition) is 4. The third-order valence-electron chi connectivity index (χ3n) is 2.53. The van der Waals surface area contributed by atoms with Crippen molar-refractivity contribution in [3.8, 4) is 17.0 Å². The number of benzene rings is 1. The molecule has 0 aliphatic rings. The average Bonchev–Trinajstić information content (AvgIpc) is 2.54. The number of aromatic nitrogens is 2. The summed E-state index contributed by atoms with van der Waals surface area (Å²) in [5.74, 6) is -0.00130. The summed E-state index contributed by atoms with van der Waals surface area (Å²) in [6.07, 6.45) is 0. The minimum atomic E-state index is -0.482. The van der Waals surface area contributed by atoms with Gasteiger partial charge in [-0.05, 0) is 19.1 Å². The van der Waals surface area contributed by atoms with Gasteiger partial charge in [-0.1, -0.05) is 12.1 Å². The van der Waals surface area contributed by atoms with E-state index in [1.165, 1.54) is 10.7 Å². The van der Waals surface area contributed by atoms with E-state index in [-0.39, 0.29) is 11.4 Å². The maximum absolute atomic E-state index is 11.0. The lowest BCUT2D eigenvalue weighted by molar-refractivity contribution is -0.384. The van der Waals surface area contributed by atoms with Crippen LogP contribution in [0.1, 0.15) is 5.69 Å². The van der Waals surface area contributed by atoms with Crippen LogP contribution in [-0.4, -0.2) is 19.8 Å². The molecule has 2 aromatic rings. The molecule has 0 bridgehead atoms. The van der Waals surface area contributed by atoms with Gasteiger partial charge in [0.25, 0.3) is 0 Å². The van der Waals surface area contributed by atoms with Gasteiger partial charge in [0.2, 0.25) is 0 Å². The van der Waals surface area contributed by atoms with Gasteiger partial charge < -0.3 is 5.11 Å². The molecule has 2 rings (SSSR count). The van der Waals surface area contributed by atoms with Crippen LogP contribution in [0.25, 0.3) is 11.3 Å². The zero-order valence-electron chi connectivity index (χ0n) is 9.41. The second-order valence-electron chi connectivity index (χ2n) is 3.68. The van der Waals surface area contributed by atoms with E-state index in [2.05, 4.69) is 5.10 Å². The van der Waals surface area contributed by atoms with Crippen molar-refractivity contribution in [1.29, 1.82) is 0 Å². The van der Waals surface area contributed by atoms with E-state index in [0.29, 0.717) is 17.0 Å². The Morgan fingerprint density at radius 1 is 1.41 bits per heavy atom. The molecule has 88 valence electrons. The molecule has 0 aliphatic heterocycles. The van der Waals surface area contributed by atoms with Crippen molar-refractivity contribution in [3.05, 3.63) is 40.1 Å². The Kier molecular flexibility index (Phi) is 2.55. The molecule has 1 aromatic heterocycles. The molecule has 1 heterocycles. The number of nitrogens with zero attached hydrogens (tertiary/aromatic N) is 3. The van der Waals surface area contributed by atoms with E-state index in [1.807, 2.05) is 0 Å². The van der Waals surface area contributed by atoms with Crippen LogP contribution in [0.3, 0.4) is 0 Å². The van der Waals surface area contributed by atoms with Crippen LogP contribution in [-0.2, 0) is 7.05 Å². The van der Waals surface area contributed by atoms with Gasteiger partial charge in [-0.2, -0.15) is 5.10 Å². The Balaban J connectivity index is 2.76. The van der Waals surface area contributed by atoms with Crippen molar-refractivity contribution in [2.24, 2.45) is 7.05 Å². The quantitative estimate of drug-likeness (QED) is 0.635. The van der Waals surface area contributed by atoms with Crippen LogP contribution in [0.5, 0.6) is 5.75 Å². The summed E-state index contributed by atoms with van der Waals surface area (Å²) in [5, 5.41) is 24.8. The summed E-state index contributed by atoms with van der Waals surface area (Å²) in [5.41, 5.74) is 0.970. The molecule has 0 spiro atoms. The number of nitro groups is 1.